The van der Waals surface area contributed by atoms with E-state index in [1.54, 1.807) is 0 Å². The second kappa shape index (κ2) is 7.89. The van der Waals surface area contributed by atoms with Gasteiger partial charge in [0.2, 0.25) is 20.0 Å². The average Bonchev–Trinajstić information content (AvgIpc) is 3.41. The number of benzene rings is 2. The lowest BCUT2D eigenvalue weighted by Gasteiger charge is -2.17. The van der Waals surface area contributed by atoms with Crippen LogP contribution >= 0.6 is 23.2 Å². The number of nitrogens with one attached hydrogen (secondary N) is 2. The van der Waals surface area contributed by atoms with Crippen molar-refractivity contribution in [1.82, 2.24) is 9.44 Å². The smallest absolute Gasteiger partial charge is 0.208 e. The molecule has 2 aromatic carbocycles. The van der Waals surface area contributed by atoms with Crippen molar-refractivity contribution in [2.24, 2.45) is 0 Å². The van der Waals surface area contributed by atoms with Gasteiger partial charge in [-0.15, -0.1) is 0 Å². The lowest BCUT2D eigenvalue weighted by molar-refractivity contribution is 0.564. The third kappa shape index (κ3) is 4.84. The summed E-state index contributed by atoms with van der Waals surface area (Å²) in [4.78, 5) is -0.380. The van der Waals surface area contributed by atoms with Crippen LogP contribution < -0.4 is 9.44 Å². The number of rotatable bonds is 7. The first-order chi connectivity index (χ1) is 13.0. The molecular formula is C17H17Cl2FN2O4S2. The summed E-state index contributed by atoms with van der Waals surface area (Å²) in [5, 5.41) is -0.0727. The first-order valence-corrected chi connectivity index (χ1v) is 12.0. The highest BCUT2D eigenvalue weighted by Gasteiger charge is 2.29. The summed E-state index contributed by atoms with van der Waals surface area (Å²) >= 11 is 11.7. The predicted octanol–water partition coefficient (Wildman–Crippen LogP) is 3.61. The molecule has 2 N–H and O–H groups in total. The highest BCUT2D eigenvalue weighted by Crippen LogP contribution is 2.30. The van der Waals surface area contributed by atoms with Crippen LogP contribution in [0.3, 0.4) is 0 Å². The number of hydrogen-bond acceptors (Lipinski definition) is 4. The van der Waals surface area contributed by atoms with Gasteiger partial charge in [-0.05, 0) is 55.7 Å². The second-order valence-electron chi connectivity index (χ2n) is 6.50. The van der Waals surface area contributed by atoms with Crippen LogP contribution in [0.2, 0.25) is 10.0 Å². The minimum atomic E-state index is -4.10. The van der Waals surface area contributed by atoms with Crippen LogP contribution in [0.25, 0.3) is 0 Å². The molecule has 3 rings (SSSR count). The lowest BCUT2D eigenvalue weighted by atomic mass is 10.1. The topological polar surface area (TPSA) is 92.3 Å². The molecule has 0 heterocycles. The van der Waals surface area contributed by atoms with Crippen molar-refractivity contribution in [2.45, 2.75) is 41.6 Å². The summed E-state index contributed by atoms with van der Waals surface area (Å²) < 4.78 is 68.6. The third-order valence-electron chi connectivity index (χ3n) is 4.16. The Bertz CT molecular complexity index is 1120. The van der Waals surface area contributed by atoms with Gasteiger partial charge in [0.1, 0.15) is 5.82 Å². The maximum atomic E-state index is 13.7. The third-order valence-corrected chi connectivity index (χ3v) is 7.84. The fourth-order valence-corrected chi connectivity index (χ4v) is 5.77. The standard InChI is InChI=1S/C17H17Cl2FN2O4S2/c1-10(14-8-17(20)16(19)9-15(14)18)21-27(23,24)12-3-2-4-13(7-12)28(25,26)22-11-5-6-11/h2-4,7-11,21-22H,5-6H2,1H3. The van der Waals surface area contributed by atoms with E-state index in [4.69, 9.17) is 23.2 Å². The molecule has 0 bridgehead atoms. The maximum absolute atomic E-state index is 13.7. The molecule has 11 heteroatoms. The Morgan fingerprint density at radius 2 is 1.61 bits per heavy atom. The van der Waals surface area contributed by atoms with Crippen LogP contribution in [0.5, 0.6) is 0 Å². The van der Waals surface area contributed by atoms with Gasteiger partial charge >= 0.3 is 0 Å². The van der Waals surface area contributed by atoms with Gasteiger partial charge < -0.3 is 0 Å². The van der Waals surface area contributed by atoms with Gasteiger partial charge in [-0.3, -0.25) is 0 Å². The largest absolute Gasteiger partial charge is 0.241 e. The van der Waals surface area contributed by atoms with Crippen molar-refractivity contribution in [1.29, 1.82) is 0 Å². The van der Waals surface area contributed by atoms with Crippen LogP contribution in [-0.4, -0.2) is 22.9 Å². The summed E-state index contributed by atoms with van der Waals surface area (Å²) in [5.74, 6) is -0.730. The van der Waals surface area contributed by atoms with E-state index in [9.17, 15) is 21.2 Å². The number of sulfonamides is 2. The maximum Gasteiger partial charge on any atom is 0.241 e. The first-order valence-electron chi connectivity index (χ1n) is 8.29. The Morgan fingerprint density at radius 3 is 2.21 bits per heavy atom. The van der Waals surface area contributed by atoms with E-state index >= 15 is 0 Å². The Hall–Kier alpha value is -1.23. The van der Waals surface area contributed by atoms with Crippen LogP contribution in [0.15, 0.2) is 46.2 Å². The Morgan fingerprint density at radius 1 is 1.00 bits per heavy atom. The molecule has 1 unspecified atom stereocenters. The molecule has 0 spiro atoms. The van der Waals surface area contributed by atoms with Gasteiger partial charge in [0.05, 0.1) is 14.8 Å². The van der Waals surface area contributed by atoms with E-state index in [0.29, 0.717) is 0 Å². The molecule has 1 aliphatic rings. The molecule has 152 valence electrons. The highest BCUT2D eigenvalue weighted by molar-refractivity contribution is 7.90. The number of halogens is 3. The molecule has 1 aliphatic carbocycles. The van der Waals surface area contributed by atoms with Gasteiger partial charge in [-0.2, -0.15) is 0 Å². The minimum absolute atomic E-state index is 0.103. The van der Waals surface area contributed by atoms with Gasteiger partial charge in [-0.1, -0.05) is 29.3 Å². The molecule has 0 radical (unpaired) electrons. The molecule has 2 aromatic rings. The van der Waals surface area contributed by atoms with Crippen molar-refractivity contribution in [3.63, 3.8) is 0 Å². The highest BCUT2D eigenvalue weighted by atomic mass is 35.5. The first kappa shape index (κ1) is 21.5. The summed E-state index contributed by atoms with van der Waals surface area (Å²) in [6.07, 6.45) is 1.52. The molecule has 0 aromatic heterocycles. The SMILES string of the molecule is CC(NS(=O)(=O)c1cccc(S(=O)(=O)NC2CC2)c1)c1cc(F)c(Cl)cc1Cl. The molecule has 0 saturated heterocycles. The molecule has 0 amide bonds. The van der Waals surface area contributed by atoms with Gasteiger partial charge in [0, 0.05) is 17.1 Å². The van der Waals surface area contributed by atoms with Crippen LogP contribution in [0.1, 0.15) is 31.4 Å². The summed E-state index contributed by atoms with van der Waals surface area (Å²) in [5.41, 5.74) is 0.200. The van der Waals surface area contributed by atoms with E-state index in [2.05, 4.69) is 9.44 Å². The van der Waals surface area contributed by atoms with Crippen molar-refractivity contribution in [3.8, 4) is 0 Å². The van der Waals surface area contributed by atoms with Crippen molar-refractivity contribution < 1.29 is 21.2 Å². The Kier molecular flexibility index (Phi) is 6.05. The molecule has 6 nitrogen and oxygen atoms in total. The second-order valence-corrected chi connectivity index (χ2v) is 10.7. The normalized spacial score (nSPS) is 16.1. The van der Waals surface area contributed by atoms with Gasteiger partial charge in [-0.25, -0.2) is 30.7 Å². The summed E-state index contributed by atoms with van der Waals surface area (Å²) in [6.45, 7) is 1.49. The molecule has 1 saturated carbocycles. The van der Waals surface area contributed by atoms with Gasteiger partial charge in [0.25, 0.3) is 0 Å². The van der Waals surface area contributed by atoms with Crippen LogP contribution in [-0.2, 0) is 20.0 Å². The fourth-order valence-electron chi connectivity index (χ4n) is 2.53. The summed E-state index contributed by atoms with van der Waals surface area (Å²) in [6, 6.07) is 6.26. The minimum Gasteiger partial charge on any atom is -0.208 e. The van der Waals surface area contributed by atoms with E-state index in [0.717, 1.165) is 25.0 Å². The Balaban J connectivity index is 1.87. The van der Waals surface area contributed by atoms with Crippen molar-refractivity contribution in [2.75, 3.05) is 0 Å². The summed E-state index contributed by atoms with van der Waals surface area (Å²) in [7, 11) is -7.90. The van der Waals surface area contributed by atoms with E-state index in [-0.39, 0.29) is 31.4 Å². The van der Waals surface area contributed by atoms with E-state index in [1.807, 2.05) is 0 Å². The average molecular weight is 467 g/mol. The molecule has 1 atom stereocenters. The monoisotopic (exact) mass is 466 g/mol. The zero-order valence-corrected chi connectivity index (χ0v) is 17.8. The van der Waals surface area contributed by atoms with Crippen molar-refractivity contribution >= 4 is 43.2 Å². The molecule has 1 fully saturated rings. The quantitative estimate of drug-likeness (QED) is 0.609. The van der Waals surface area contributed by atoms with Crippen LogP contribution in [0, 0.1) is 5.82 Å². The predicted molar refractivity (Wildman–Crippen MR) is 105 cm³/mol. The fraction of sp³-hybridized carbons (Fsp3) is 0.294. The molecular weight excluding hydrogens is 450 g/mol. The van der Waals surface area contributed by atoms with Crippen molar-refractivity contribution in [3.05, 3.63) is 57.8 Å². The lowest BCUT2D eigenvalue weighted by Crippen LogP contribution is -2.28. The van der Waals surface area contributed by atoms with Gasteiger partial charge in [0.15, 0.2) is 0 Å². The molecule has 0 aliphatic heterocycles. The number of hydrogen-bond donors (Lipinski definition) is 2. The van der Waals surface area contributed by atoms with E-state index in [1.165, 1.54) is 31.2 Å². The molecule has 28 heavy (non-hydrogen) atoms. The van der Waals surface area contributed by atoms with Crippen LogP contribution in [0.4, 0.5) is 4.39 Å². The zero-order chi connectivity index (χ0) is 20.7. The Labute approximate surface area is 173 Å². The van der Waals surface area contributed by atoms with E-state index < -0.39 is 31.9 Å². The zero-order valence-electron chi connectivity index (χ0n) is 14.6.